The predicted octanol–water partition coefficient (Wildman–Crippen LogP) is 3.07. The van der Waals surface area contributed by atoms with Gasteiger partial charge in [-0.25, -0.2) is 4.79 Å². The average molecular weight is 270 g/mol. The first-order valence-corrected chi connectivity index (χ1v) is 7.33. The number of alkyl carbamates (subject to hydrolysis) is 1. The van der Waals surface area contributed by atoms with Crippen molar-refractivity contribution in [3.8, 4) is 0 Å². The van der Waals surface area contributed by atoms with Gasteiger partial charge in [0, 0.05) is 18.6 Å². The van der Waals surface area contributed by atoms with Gasteiger partial charge >= 0.3 is 6.09 Å². The lowest BCUT2D eigenvalue weighted by Gasteiger charge is -2.29. The van der Waals surface area contributed by atoms with Crippen LogP contribution >= 0.6 is 0 Å². The van der Waals surface area contributed by atoms with Gasteiger partial charge in [0.15, 0.2) is 0 Å². The van der Waals surface area contributed by atoms with Crippen LogP contribution in [0, 0.1) is 5.41 Å². The normalized spacial score (nSPS) is 24.0. The summed E-state index contributed by atoms with van der Waals surface area (Å²) in [4.78, 5) is 11.6. The number of amides is 1. The number of hydrogen-bond acceptors (Lipinski definition) is 3. The van der Waals surface area contributed by atoms with Crippen LogP contribution in [0.3, 0.4) is 0 Å². The lowest BCUT2D eigenvalue weighted by atomic mass is 9.87. The topological polar surface area (TPSA) is 50.4 Å². The van der Waals surface area contributed by atoms with E-state index in [4.69, 9.17) is 4.74 Å². The van der Waals surface area contributed by atoms with Crippen LogP contribution in [-0.4, -0.2) is 30.3 Å². The highest BCUT2D eigenvalue weighted by Crippen LogP contribution is 2.36. The predicted molar refractivity (Wildman–Crippen MR) is 78.3 cm³/mol. The molecule has 0 spiro atoms. The second-order valence-electron chi connectivity index (χ2n) is 7.39. The summed E-state index contributed by atoms with van der Waals surface area (Å²) in [6.45, 7) is 13.0. The molecule has 1 rings (SSSR count). The first-order valence-electron chi connectivity index (χ1n) is 7.33. The molecule has 1 aliphatic carbocycles. The maximum Gasteiger partial charge on any atom is 0.407 e. The van der Waals surface area contributed by atoms with Gasteiger partial charge in [-0.3, -0.25) is 0 Å². The molecule has 1 saturated carbocycles. The summed E-state index contributed by atoms with van der Waals surface area (Å²) in [5, 5.41) is 6.43. The molecule has 2 N–H and O–H groups in total. The van der Waals surface area contributed by atoms with Gasteiger partial charge in [0.2, 0.25) is 0 Å². The SMILES string of the molecule is CC(CNC1CCCC1(C)C)NC(=O)OC(C)(C)C. The quantitative estimate of drug-likeness (QED) is 0.825. The van der Waals surface area contributed by atoms with E-state index < -0.39 is 5.60 Å². The minimum Gasteiger partial charge on any atom is -0.444 e. The third-order valence-corrected chi connectivity index (χ3v) is 3.69. The first-order chi connectivity index (χ1) is 8.60. The second kappa shape index (κ2) is 6.12. The van der Waals surface area contributed by atoms with E-state index >= 15 is 0 Å². The minimum absolute atomic E-state index is 0.0752. The summed E-state index contributed by atoms with van der Waals surface area (Å²) >= 11 is 0. The molecule has 112 valence electrons. The van der Waals surface area contributed by atoms with Crippen LogP contribution in [0.1, 0.15) is 60.8 Å². The Hall–Kier alpha value is -0.770. The Morgan fingerprint density at radius 1 is 1.42 bits per heavy atom. The van der Waals surface area contributed by atoms with Crippen molar-refractivity contribution in [3.63, 3.8) is 0 Å². The van der Waals surface area contributed by atoms with Crippen molar-refractivity contribution in [1.29, 1.82) is 0 Å². The number of carbonyl (C=O) groups is 1. The zero-order valence-electron chi connectivity index (χ0n) is 13.3. The van der Waals surface area contributed by atoms with E-state index in [2.05, 4.69) is 24.5 Å². The molecule has 0 aromatic carbocycles. The highest BCUT2D eigenvalue weighted by molar-refractivity contribution is 5.68. The van der Waals surface area contributed by atoms with Crippen molar-refractivity contribution in [2.45, 2.75) is 78.5 Å². The van der Waals surface area contributed by atoms with Crippen LogP contribution in [0.5, 0.6) is 0 Å². The van der Waals surface area contributed by atoms with E-state index in [0.29, 0.717) is 11.5 Å². The van der Waals surface area contributed by atoms with E-state index in [9.17, 15) is 4.79 Å². The van der Waals surface area contributed by atoms with Crippen molar-refractivity contribution in [1.82, 2.24) is 10.6 Å². The second-order valence-corrected chi connectivity index (χ2v) is 7.39. The van der Waals surface area contributed by atoms with Gasteiger partial charge in [0.1, 0.15) is 5.60 Å². The first kappa shape index (κ1) is 16.3. The van der Waals surface area contributed by atoms with Crippen molar-refractivity contribution < 1.29 is 9.53 Å². The molecule has 4 nitrogen and oxygen atoms in total. The van der Waals surface area contributed by atoms with Crippen LogP contribution in [0.15, 0.2) is 0 Å². The smallest absolute Gasteiger partial charge is 0.407 e. The summed E-state index contributed by atoms with van der Waals surface area (Å²) in [6.07, 6.45) is 3.45. The zero-order chi connectivity index (χ0) is 14.7. The number of rotatable bonds is 4. The van der Waals surface area contributed by atoms with Crippen LogP contribution in [0.25, 0.3) is 0 Å². The minimum atomic E-state index is -0.440. The maximum atomic E-state index is 11.6. The molecule has 2 atom stereocenters. The monoisotopic (exact) mass is 270 g/mol. The molecule has 4 heteroatoms. The molecule has 0 radical (unpaired) electrons. The Morgan fingerprint density at radius 2 is 2.05 bits per heavy atom. The van der Waals surface area contributed by atoms with Crippen LogP contribution in [0.4, 0.5) is 4.79 Å². The van der Waals surface area contributed by atoms with E-state index in [1.54, 1.807) is 0 Å². The van der Waals surface area contributed by atoms with E-state index in [0.717, 1.165) is 6.54 Å². The van der Waals surface area contributed by atoms with Gasteiger partial charge in [0.25, 0.3) is 0 Å². The van der Waals surface area contributed by atoms with E-state index in [1.165, 1.54) is 19.3 Å². The van der Waals surface area contributed by atoms with Crippen molar-refractivity contribution in [2.75, 3.05) is 6.54 Å². The van der Waals surface area contributed by atoms with Crippen molar-refractivity contribution in [2.24, 2.45) is 5.41 Å². The molecule has 0 saturated heterocycles. The van der Waals surface area contributed by atoms with E-state index in [-0.39, 0.29) is 12.1 Å². The molecule has 19 heavy (non-hydrogen) atoms. The van der Waals surface area contributed by atoms with Gasteiger partial charge < -0.3 is 15.4 Å². The molecular weight excluding hydrogens is 240 g/mol. The fourth-order valence-electron chi connectivity index (χ4n) is 2.58. The molecule has 0 aromatic rings. The highest BCUT2D eigenvalue weighted by Gasteiger charge is 2.34. The summed E-state index contributed by atoms with van der Waals surface area (Å²) in [7, 11) is 0. The van der Waals surface area contributed by atoms with Crippen molar-refractivity contribution in [3.05, 3.63) is 0 Å². The molecule has 0 aliphatic heterocycles. The molecule has 1 aliphatic rings. The maximum absolute atomic E-state index is 11.6. The lowest BCUT2D eigenvalue weighted by Crippen LogP contribution is -2.47. The Balaban J connectivity index is 2.28. The number of carbonyl (C=O) groups excluding carboxylic acids is 1. The Bertz CT molecular complexity index is 308. The molecule has 1 amide bonds. The Labute approximate surface area is 117 Å². The summed E-state index contributed by atoms with van der Waals surface area (Å²) in [5.74, 6) is 0. The zero-order valence-corrected chi connectivity index (χ0v) is 13.3. The molecule has 0 heterocycles. The number of hydrogen-bond donors (Lipinski definition) is 2. The molecule has 1 fully saturated rings. The number of ether oxygens (including phenoxy) is 1. The van der Waals surface area contributed by atoms with Gasteiger partial charge in [-0.05, 0) is 46.0 Å². The standard InChI is InChI=1S/C15H30N2O2/c1-11(17-13(18)19-14(2,3)4)10-16-12-8-7-9-15(12,5)6/h11-12,16H,7-10H2,1-6H3,(H,17,18). The third kappa shape index (κ3) is 5.81. The van der Waals surface area contributed by atoms with Crippen LogP contribution < -0.4 is 10.6 Å². The number of nitrogens with one attached hydrogen (secondary N) is 2. The van der Waals surface area contributed by atoms with E-state index in [1.807, 2.05) is 27.7 Å². The lowest BCUT2D eigenvalue weighted by molar-refractivity contribution is 0.0507. The van der Waals surface area contributed by atoms with Gasteiger partial charge in [-0.2, -0.15) is 0 Å². The summed E-state index contributed by atoms with van der Waals surface area (Å²) in [6, 6.07) is 0.627. The molecule has 0 bridgehead atoms. The molecular formula is C15H30N2O2. The Morgan fingerprint density at radius 3 is 2.53 bits per heavy atom. The summed E-state index contributed by atoms with van der Waals surface area (Å²) < 4.78 is 5.24. The average Bonchev–Trinajstić information content (AvgIpc) is 2.51. The van der Waals surface area contributed by atoms with Gasteiger partial charge in [0.05, 0.1) is 0 Å². The van der Waals surface area contributed by atoms with Crippen LogP contribution in [-0.2, 0) is 4.74 Å². The fraction of sp³-hybridized carbons (Fsp3) is 0.933. The highest BCUT2D eigenvalue weighted by atomic mass is 16.6. The molecule has 2 unspecified atom stereocenters. The van der Waals surface area contributed by atoms with Gasteiger partial charge in [-0.1, -0.05) is 20.3 Å². The molecule has 0 aromatic heterocycles. The van der Waals surface area contributed by atoms with Crippen LogP contribution in [0.2, 0.25) is 0 Å². The fourth-order valence-corrected chi connectivity index (χ4v) is 2.58. The van der Waals surface area contributed by atoms with Crippen molar-refractivity contribution >= 4 is 6.09 Å². The van der Waals surface area contributed by atoms with Gasteiger partial charge in [-0.15, -0.1) is 0 Å². The summed E-state index contributed by atoms with van der Waals surface area (Å²) in [5.41, 5.74) is -0.0731. The third-order valence-electron chi connectivity index (χ3n) is 3.69. The Kier molecular flexibility index (Phi) is 5.25. The largest absolute Gasteiger partial charge is 0.444 e.